The van der Waals surface area contributed by atoms with Gasteiger partial charge in [-0.15, -0.1) is 0 Å². The summed E-state index contributed by atoms with van der Waals surface area (Å²) in [4.78, 5) is 16.9. The first-order valence-corrected chi connectivity index (χ1v) is 9.46. The molecule has 0 radical (unpaired) electrons. The van der Waals surface area contributed by atoms with E-state index >= 15 is 0 Å². The molecule has 142 valence electrons. The van der Waals surface area contributed by atoms with Crippen LogP contribution < -0.4 is 5.32 Å². The van der Waals surface area contributed by atoms with E-state index in [1.807, 2.05) is 54.6 Å². The van der Waals surface area contributed by atoms with Gasteiger partial charge in [-0.3, -0.25) is 4.79 Å². The Balaban J connectivity index is 1.29. The Kier molecular flexibility index (Phi) is 4.30. The van der Waals surface area contributed by atoms with Gasteiger partial charge in [-0.05, 0) is 48.0 Å². The second kappa shape index (κ2) is 7.11. The molecule has 0 saturated heterocycles. The van der Waals surface area contributed by atoms with Crippen LogP contribution in [0.15, 0.2) is 81.6 Å². The first-order valence-electron chi connectivity index (χ1n) is 9.08. The summed E-state index contributed by atoms with van der Waals surface area (Å²) >= 11 is 5.99. The Bertz CT molecular complexity index is 1300. The number of halogens is 1. The van der Waals surface area contributed by atoms with E-state index in [-0.39, 0.29) is 11.7 Å². The zero-order valence-corrected chi connectivity index (χ0v) is 15.9. The highest BCUT2D eigenvalue weighted by Crippen LogP contribution is 2.23. The number of aromatic nitrogens is 1. The summed E-state index contributed by atoms with van der Waals surface area (Å²) in [5.74, 6) is 0.603. The lowest BCUT2D eigenvalue weighted by molar-refractivity contribution is 0.0998. The molecule has 0 unspecified atom stereocenters. The van der Waals surface area contributed by atoms with Gasteiger partial charge in [-0.1, -0.05) is 41.9 Å². The molecule has 1 N–H and O–H groups in total. The summed E-state index contributed by atoms with van der Waals surface area (Å²) in [6.07, 6.45) is 0.546. The molecule has 3 aromatic carbocycles. The first kappa shape index (κ1) is 17.5. The van der Waals surface area contributed by atoms with Gasteiger partial charge in [-0.2, -0.15) is 0 Å². The molecule has 1 amide bonds. The summed E-state index contributed by atoms with van der Waals surface area (Å²) in [7, 11) is 0. The van der Waals surface area contributed by atoms with Crippen LogP contribution in [0.2, 0.25) is 5.02 Å². The lowest BCUT2D eigenvalue weighted by Gasteiger charge is -2.04. The minimum absolute atomic E-state index is 0.278. The predicted octanol–water partition coefficient (Wildman–Crippen LogP) is 6.07. The van der Waals surface area contributed by atoms with Gasteiger partial charge in [0.1, 0.15) is 11.1 Å². The monoisotopic (exact) mass is 402 g/mol. The number of nitrogens with one attached hydrogen (secondary N) is 1. The van der Waals surface area contributed by atoms with E-state index in [4.69, 9.17) is 20.4 Å². The summed E-state index contributed by atoms with van der Waals surface area (Å²) < 4.78 is 11.4. The van der Waals surface area contributed by atoms with Crippen molar-refractivity contribution in [2.75, 3.05) is 5.32 Å². The number of rotatable bonds is 4. The van der Waals surface area contributed by atoms with E-state index in [0.29, 0.717) is 34.2 Å². The van der Waals surface area contributed by atoms with E-state index in [0.717, 1.165) is 16.5 Å². The van der Waals surface area contributed by atoms with Crippen molar-refractivity contribution in [3.8, 4) is 0 Å². The van der Waals surface area contributed by atoms with Crippen molar-refractivity contribution in [1.82, 2.24) is 4.98 Å². The second-order valence-electron chi connectivity index (χ2n) is 6.70. The Morgan fingerprint density at radius 1 is 0.931 bits per heavy atom. The van der Waals surface area contributed by atoms with Crippen LogP contribution >= 0.6 is 11.6 Å². The molecule has 6 heteroatoms. The van der Waals surface area contributed by atoms with Gasteiger partial charge >= 0.3 is 0 Å². The fraction of sp³-hybridized carbons (Fsp3) is 0.0435. The Morgan fingerprint density at radius 2 is 1.76 bits per heavy atom. The Hall–Kier alpha value is -3.57. The van der Waals surface area contributed by atoms with Gasteiger partial charge in [-0.25, -0.2) is 4.98 Å². The maximum absolute atomic E-state index is 12.4. The van der Waals surface area contributed by atoms with Crippen LogP contribution in [-0.2, 0) is 6.42 Å². The molecule has 0 aliphatic heterocycles. The van der Waals surface area contributed by atoms with Gasteiger partial charge in [0.05, 0.1) is 0 Å². The number of hydrogen-bond donors (Lipinski definition) is 1. The lowest BCUT2D eigenvalue weighted by Crippen LogP contribution is -2.10. The summed E-state index contributed by atoms with van der Waals surface area (Å²) in [5, 5.41) is 4.37. The number of carbonyl (C=O) groups excluding carboxylic acids is 1. The standard InChI is InChI=1S/C23H15ClN2O3/c24-16-7-10-20-18(13-16)26-22(29-20)11-14-5-8-17(9-6-14)25-23(27)21-12-15-3-1-2-4-19(15)28-21/h1-10,12-13H,11H2,(H,25,27). The Labute approximate surface area is 170 Å². The molecule has 5 rings (SSSR count). The molecular formula is C23H15ClN2O3. The molecule has 0 fully saturated rings. The number of benzene rings is 3. The summed E-state index contributed by atoms with van der Waals surface area (Å²) in [6, 6.07) is 22.2. The average Bonchev–Trinajstić information content (AvgIpc) is 3.32. The van der Waals surface area contributed by atoms with Crippen molar-refractivity contribution < 1.29 is 13.6 Å². The van der Waals surface area contributed by atoms with Gasteiger partial charge in [0.25, 0.3) is 5.91 Å². The Morgan fingerprint density at radius 3 is 2.59 bits per heavy atom. The number of nitrogens with zero attached hydrogens (tertiary/aromatic N) is 1. The van der Waals surface area contributed by atoms with Crippen LogP contribution in [-0.4, -0.2) is 10.9 Å². The molecule has 0 atom stereocenters. The quantitative estimate of drug-likeness (QED) is 0.396. The highest BCUT2D eigenvalue weighted by Gasteiger charge is 2.13. The molecule has 0 saturated carbocycles. The molecule has 0 spiro atoms. The predicted molar refractivity (Wildman–Crippen MR) is 112 cm³/mol. The maximum atomic E-state index is 12.4. The molecule has 0 bridgehead atoms. The molecular weight excluding hydrogens is 388 g/mol. The molecule has 0 aliphatic rings. The number of amides is 1. The van der Waals surface area contributed by atoms with Crippen molar-refractivity contribution in [2.45, 2.75) is 6.42 Å². The third-order valence-corrected chi connectivity index (χ3v) is 4.85. The molecule has 2 heterocycles. The number of para-hydroxylation sites is 1. The van der Waals surface area contributed by atoms with Crippen LogP contribution in [0, 0.1) is 0 Å². The van der Waals surface area contributed by atoms with Crippen molar-refractivity contribution in [3.63, 3.8) is 0 Å². The van der Waals surface area contributed by atoms with Gasteiger partial charge in [0.2, 0.25) is 0 Å². The molecule has 0 aliphatic carbocycles. The number of hydrogen-bond acceptors (Lipinski definition) is 4. The van der Waals surface area contributed by atoms with Crippen LogP contribution in [0.3, 0.4) is 0 Å². The van der Waals surface area contributed by atoms with Gasteiger partial charge in [0.15, 0.2) is 17.2 Å². The zero-order chi connectivity index (χ0) is 19.8. The van der Waals surface area contributed by atoms with Crippen molar-refractivity contribution in [1.29, 1.82) is 0 Å². The van der Waals surface area contributed by atoms with E-state index in [2.05, 4.69) is 10.3 Å². The smallest absolute Gasteiger partial charge is 0.291 e. The van der Waals surface area contributed by atoms with E-state index < -0.39 is 0 Å². The van der Waals surface area contributed by atoms with Crippen molar-refractivity contribution >= 4 is 45.3 Å². The molecule has 5 aromatic rings. The van der Waals surface area contributed by atoms with E-state index in [9.17, 15) is 4.79 Å². The number of fused-ring (bicyclic) bond motifs is 2. The fourth-order valence-corrected chi connectivity index (χ4v) is 3.36. The molecule has 5 nitrogen and oxygen atoms in total. The second-order valence-corrected chi connectivity index (χ2v) is 7.13. The summed E-state index contributed by atoms with van der Waals surface area (Å²) in [5.41, 5.74) is 3.84. The minimum atomic E-state index is -0.287. The fourth-order valence-electron chi connectivity index (χ4n) is 3.19. The van der Waals surface area contributed by atoms with Crippen molar-refractivity contribution in [3.05, 3.63) is 95.0 Å². The molecule has 2 aromatic heterocycles. The third kappa shape index (κ3) is 3.60. The highest BCUT2D eigenvalue weighted by atomic mass is 35.5. The van der Waals surface area contributed by atoms with Crippen LogP contribution in [0.4, 0.5) is 5.69 Å². The number of carbonyl (C=O) groups is 1. The van der Waals surface area contributed by atoms with Crippen LogP contribution in [0.5, 0.6) is 0 Å². The topological polar surface area (TPSA) is 68.3 Å². The summed E-state index contributed by atoms with van der Waals surface area (Å²) in [6.45, 7) is 0. The van der Waals surface area contributed by atoms with E-state index in [1.54, 1.807) is 18.2 Å². The van der Waals surface area contributed by atoms with Crippen LogP contribution in [0.25, 0.3) is 22.1 Å². The number of furan rings is 1. The lowest BCUT2D eigenvalue weighted by atomic mass is 10.1. The van der Waals surface area contributed by atoms with Gasteiger partial charge < -0.3 is 14.2 Å². The third-order valence-electron chi connectivity index (χ3n) is 4.61. The number of anilines is 1. The number of oxazole rings is 1. The van der Waals surface area contributed by atoms with Crippen LogP contribution in [0.1, 0.15) is 22.0 Å². The minimum Gasteiger partial charge on any atom is -0.451 e. The normalized spacial score (nSPS) is 11.2. The maximum Gasteiger partial charge on any atom is 0.291 e. The SMILES string of the molecule is O=C(Nc1ccc(Cc2nc3cc(Cl)ccc3o2)cc1)c1cc2ccccc2o1. The van der Waals surface area contributed by atoms with E-state index in [1.165, 1.54) is 0 Å². The highest BCUT2D eigenvalue weighted by molar-refractivity contribution is 6.31. The largest absolute Gasteiger partial charge is 0.451 e. The van der Waals surface area contributed by atoms with Crippen molar-refractivity contribution in [2.24, 2.45) is 0 Å². The van der Waals surface area contributed by atoms with Gasteiger partial charge in [0, 0.05) is 22.5 Å². The first-order chi connectivity index (χ1) is 14.1. The zero-order valence-electron chi connectivity index (χ0n) is 15.2. The molecule has 29 heavy (non-hydrogen) atoms. The average molecular weight is 403 g/mol.